The minimum Gasteiger partial charge on any atom is -0.383 e. The molecule has 1 aliphatic rings. The van der Waals surface area contributed by atoms with Crippen LogP contribution in [0, 0.1) is 10.1 Å². The van der Waals surface area contributed by atoms with Crippen LogP contribution in [0.3, 0.4) is 0 Å². The van der Waals surface area contributed by atoms with Crippen molar-refractivity contribution in [3.63, 3.8) is 0 Å². The number of nitro groups is 1. The van der Waals surface area contributed by atoms with Gasteiger partial charge in [0, 0.05) is 32.3 Å². The molecule has 1 aliphatic heterocycles. The molecule has 6 heteroatoms. The average molecular weight is 265 g/mol. The van der Waals surface area contributed by atoms with Gasteiger partial charge in [0.25, 0.3) is 5.69 Å². The SMILES string of the molecule is CNc1ccc(CN(C)C2CCOC2)cc1[N+](=O)[O-]. The topological polar surface area (TPSA) is 67.6 Å². The van der Waals surface area contributed by atoms with Crippen molar-refractivity contribution >= 4 is 11.4 Å². The van der Waals surface area contributed by atoms with Gasteiger partial charge in [-0.1, -0.05) is 6.07 Å². The Kier molecular flexibility index (Phi) is 4.34. The largest absolute Gasteiger partial charge is 0.383 e. The standard InChI is InChI=1S/C13H19N3O3/c1-14-12-4-3-10(7-13(12)16(17)18)8-15(2)11-5-6-19-9-11/h3-4,7,11,14H,5-6,8-9H2,1-2H3. The molecule has 1 N–H and O–H groups in total. The Morgan fingerprint density at radius 3 is 2.95 bits per heavy atom. The maximum Gasteiger partial charge on any atom is 0.292 e. The van der Waals surface area contributed by atoms with Gasteiger partial charge in [-0.05, 0) is 25.1 Å². The highest BCUT2D eigenvalue weighted by Crippen LogP contribution is 2.26. The lowest BCUT2D eigenvalue weighted by Gasteiger charge is -2.22. The first-order valence-corrected chi connectivity index (χ1v) is 6.35. The lowest BCUT2D eigenvalue weighted by atomic mass is 10.1. The summed E-state index contributed by atoms with van der Waals surface area (Å²) in [7, 11) is 3.71. The molecule has 1 aromatic carbocycles. The Morgan fingerprint density at radius 2 is 2.37 bits per heavy atom. The number of benzene rings is 1. The molecule has 1 atom stereocenters. The van der Waals surface area contributed by atoms with E-state index in [1.165, 1.54) is 0 Å². The molecule has 0 saturated carbocycles. The van der Waals surface area contributed by atoms with E-state index in [0.717, 1.165) is 25.2 Å². The third-order valence-electron chi connectivity index (χ3n) is 3.49. The van der Waals surface area contributed by atoms with Gasteiger partial charge in [-0.25, -0.2) is 0 Å². The van der Waals surface area contributed by atoms with Gasteiger partial charge in [-0.2, -0.15) is 0 Å². The molecular formula is C13H19N3O3. The smallest absolute Gasteiger partial charge is 0.292 e. The number of nitro benzene ring substituents is 1. The average Bonchev–Trinajstić information content (AvgIpc) is 2.92. The van der Waals surface area contributed by atoms with Crippen LogP contribution in [0.4, 0.5) is 11.4 Å². The molecule has 0 amide bonds. The molecule has 0 spiro atoms. The van der Waals surface area contributed by atoms with Crippen LogP contribution in [0.15, 0.2) is 18.2 Å². The fourth-order valence-corrected chi connectivity index (χ4v) is 2.32. The number of rotatable bonds is 5. The lowest BCUT2D eigenvalue weighted by molar-refractivity contribution is -0.384. The molecule has 6 nitrogen and oxygen atoms in total. The zero-order chi connectivity index (χ0) is 13.8. The number of hydrogen-bond acceptors (Lipinski definition) is 5. The van der Waals surface area contributed by atoms with Crippen molar-refractivity contribution in [3.8, 4) is 0 Å². The third-order valence-corrected chi connectivity index (χ3v) is 3.49. The lowest BCUT2D eigenvalue weighted by Crippen LogP contribution is -2.31. The van der Waals surface area contributed by atoms with Crippen LogP contribution in [0.2, 0.25) is 0 Å². The van der Waals surface area contributed by atoms with E-state index in [4.69, 9.17) is 4.74 Å². The predicted molar refractivity (Wildman–Crippen MR) is 73.3 cm³/mol. The Bertz CT molecular complexity index is 458. The third kappa shape index (κ3) is 3.21. The Hall–Kier alpha value is -1.66. The van der Waals surface area contributed by atoms with Crippen LogP contribution in [-0.4, -0.2) is 43.2 Å². The summed E-state index contributed by atoms with van der Waals surface area (Å²) in [5.74, 6) is 0. The van der Waals surface area contributed by atoms with Crippen LogP contribution >= 0.6 is 0 Å². The molecule has 1 fully saturated rings. The van der Waals surface area contributed by atoms with E-state index in [-0.39, 0.29) is 10.6 Å². The van der Waals surface area contributed by atoms with Crippen molar-refractivity contribution in [2.24, 2.45) is 0 Å². The monoisotopic (exact) mass is 265 g/mol. The van der Waals surface area contributed by atoms with Gasteiger partial charge in [0.05, 0.1) is 11.5 Å². The van der Waals surface area contributed by atoms with Crippen molar-refractivity contribution in [1.29, 1.82) is 0 Å². The second kappa shape index (κ2) is 5.99. The number of nitrogens with one attached hydrogen (secondary N) is 1. The number of hydrogen-bond donors (Lipinski definition) is 1. The number of ether oxygens (including phenoxy) is 1. The van der Waals surface area contributed by atoms with E-state index in [1.54, 1.807) is 19.2 Å². The summed E-state index contributed by atoms with van der Waals surface area (Å²) in [6, 6.07) is 5.72. The van der Waals surface area contributed by atoms with Crippen LogP contribution in [-0.2, 0) is 11.3 Å². The maximum absolute atomic E-state index is 11.0. The Labute approximate surface area is 112 Å². The Morgan fingerprint density at radius 1 is 1.58 bits per heavy atom. The summed E-state index contributed by atoms with van der Waals surface area (Å²) >= 11 is 0. The highest BCUT2D eigenvalue weighted by Gasteiger charge is 2.21. The van der Waals surface area contributed by atoms with Gasteiger partial charge in [0.15, 0.2) is 0 Å². The molecule has 0 aliphatic carbocycles. The molecule has 0 aromatic heterocycles. The van der Waals surface area contributed by atoms with Gasteiger partial charge < -0.3 is 10.1 Å². The van der Waals surface area contributed by atoms with E-state index in [2.05, 4.69) is 10.2 Å². The summed E-state index contributed by atoms with van der Waals surface area (Å²) in [5.41, 5.74) is 1.61. The normalized spacial score (nSPS) is 18.8. The molecule has 104 valence electrons. The molecule has 0 bridgehead atoms. The summed E-state index contributed by atoms with van der Waals surface area (Å²) < 4.78 is 5.35. The fraction of sp³-hybridized carbons (Fsp3) is 0.538. The van der Waals surface area contributed by atoms with Crippen LogP contribution in [0.25, 0.3) is 0 Å². The van der Waals surface area contributed by atoms with Gasteiger partial charge in [-0.3, -0.25) is 15.0 Å². The van der Waals surface area contributed by atoms with Gasteiger partial charge in [0.2, 0.25) is 0 Å². The minimum atomic E-state index is -0.353. The summed E-state index contributed by atoms with van der Waals surface area (Å²) in [4.78, 5) is 12.8. The second-order valence-corrected chi connectivity index (χ2v) is 4.79. The van der Waals surface area contributed by atoms with Crippen LogP contribution in [0.1, 0.15) is 12.0 Å². The van der Waals surface area contributed by atoms with Crippen molar-refractivity contribution < 1.29 is 9.66 Å². The molecule has 2 rings (SSSR count). The zero-order valence-corrected chi connectivity index (χ0v) is 11.3. The molecule has 1 unspecified atom stereocenters. The summed E-state index contributed by atoms with van der Waals surface area (Å²) in [6.45, 7) is 2.24. The van der Waals surface area contributed by atoms with E-state index < -0.39 is 0 Å². The molecule has 0 radical (unpaired) electrons. The summed E-state index contributed by atoms with van der Waals surface area (Å²) in [6.07, 6.45) is 1.02. The first-order valence-electron chi connectivity index (χ1n) is 6.35. The first kappa shape index (κ1) is 13.8. The number of nitrogens with zero attached hydrogens (tertiary/aromatic N) is 2. The molecule has 19 heavy (non-hydrogen) atoms. The van der Waals surface area contributed by atoms with Gasteiger partial charge >= 0.3 is 0 Å². The van der Waals surface area contributed by atoms with E-state index in [0.29, 0.717) is 18.3 Å². The molecule has 1 aromatic rings. The van der Waals surface area contributed by atoms with Crippen molar-refractivity contribution in [2.75, 3.05) is 32.6 Å². The minimum absolute atomic E-state index is 0.121. The Balaban J connectivity index is 2.11. The van der Waals surface area contributed by atoms with Gasteiger partial charge in [-0.15, -0.1) is 0 Å². The van der Waals surface area contributed by atoms with E-state index in [1.807, 2.05) is 13.1 Å². The number of likely N-dealkylation sites (N-methyl/N-ethyl adjacent to an activating group) is 1. The summed E-state index contributed by atoms with van der Waals surface area (Å²) in [5, 5.41) is 13.8. The predicted octanol–water partition coefficient (Wildman–Crippen LogP) is 1.86. The zero-order valence-electron chi connectivity index (χ0n) is 11.3. The fourth-order valence-electron chi connectivity index (χ4n) is 2.32. The van der Waals surface area contributed by atoms with Crippen LogP contribution in [0.5, 0.6) is 0 Å². The number of anilines is 1. The van der Waals surface area contributed by atoms with E-state index >= 15 is 0 Å². The highest BCUT2D eigenvalue weighted by molar-refractivity contribution is 5.62. The second-order valence-electron chi connectivity index (χ2n) is 4.79. The van der Waals surface area contributed by atoms with Gasteiger partial charge in [0.1, 0.15) is 5.69 Å². The quantitative estimate of drug-likeness (QED) is 0.650. The van der Waals surface area contributed by atoms with Crippen molar-refractivity contribution in [1.82, 2.24) is 4.90 Å². The van der Waals surface area contributed by atoms with Crippen LogP contribution < -0.4 is 5.32 Å². The highest BCUT2D eigenvalue weighted by atomic mass is 16.6. The molecule has 1 heterocycles. The first-order chi connectivity index (χ1) is 9.11. The molecule has 1 saturated heterocycles. The van der Waals surface area contributed by atoms with Crippen molar-refractivity contribution in [3.05, 3.63) is 33.9 Å². The molecular weight excluding hydrogens is 246 g/mol. The maximum atomic E-state index is 11.0. The van der Waals surface area contributed by atoms with E-state index in [9.17, 15) is 10.1 Å². The van der Waals surface area contributed by atoms with Crippen molar-refractivity contribution in [2.45, 2.75) is 19.0 Å².